The maximum Gasteiger partial charge on any atom is 0.250 e. The van der Waals surface area contributed by atoms with Gasteiger partial charge in [-0.25, -0.2) is 0 Å². The van der Waals surface area contributed by atoms with E-state index in [-0.39, 0.29) is 6.10 Å². The van der Waals surface area contributed by atoms with Crippen molar-refractivity contribution in [2.75, 3.05) is 12.3 Å². The molecule has 1 aliphatic rings. The highest BCUT2D eigenvalue weighted by Gasteiger charge is 2.25. The zero-order chi connectivity index (χ0) is 12.4. The minimum Gasteiger partial charge on any atom is -0.398 e. The van der Waals surface area contributed by atoms with Gasteiger partial charge in [0.25, 0.3) is 5.91 Å². The highest BCUT2D eigenvalue weighted by Crippen LogP contribution is 2.33. The Kier molecular flexibility index (Phi) is 3.59. The number of primary amides is 1. The normalized spacial score (nSPS) is 23.8. The number of amides is 1. The monoisotopic (exact) mass is 252 g/mol. The van der Waals surface area contributed by atoms with Crippen molar-refractivity contribution in [3.05, 3.63) is 23.8 Å². The van der Waals surface area contributed by atoms with E-state index < -0.39 is 5.91 Å². The number of benzene rings is 1. The van der Waals surface area contributed by atoms with E-state index in [0.29, 0.717) is 16.5 Å². The molecule has 0 bridgehead atoms. The predicted octanol–water partition coefficient (Wildman–Crippen LogP) is 1.64. The van der Waals surface area contributed by atoms with Gasteiger partial charge in [0, 0.05) is 22.4 Å². The van der Waals surface area contributed by atoms with Crippen LogP contribution in [0.1, 0.15) is 23.7 Å². The summed E-state index contributed by atoms with van der Waals surface area (Å²) < 4.78 is 5.50. The number of carbonyl (C=O) groups is 1. The summed E-state index contributed by atoms with van der Waals surface area (Å²) in [6, 6.07) is 5.40. The fourth-order valence-corrected chi connectivity index (χ4v) is 3.03. The molecule has 0 saturated carbocycles. The number of carbonyl (C=O) groups excluding carboxylic acids is 1. The van der Waals surface area contributed by atoms with Gasteiger partial charge in [0.1, 0.15) is 0 Å². The van der Waals surface area contributed by atoms with Gasteiger partial charge in [-0.05, 0) is 31.5 Å². The van der Waals surface area contributed by atoms with Gasteiger partial charge in [-0.3, -0.25) is 4.79 Å². The SMILES string of the molecule is CC1OCCC1Sc1ccc(N)c(C(N)=O)c1. The van der Waals surface area contributed by atoms with Crippen LogP contribution in [0.5, 0.6) is 0 Å². The maximum absolute atomic E-state index is 11.2. The summed E-state index contributed by atoms with van der Waals surface area (Å²) in [5.41, 5.74) is 11.8. The third kappa shape index (κ3) is 2.73. The molecule has 0 spiro atoms. The van der Waals surface area contributed by atoms with Gasteiger partial charge in [-0.15, -0.1) is 11.8 Å². The molecular weight excluding hydrogens is 236 g/mol. The van der Waals surface area contributed by atoms with E-state index in [9.17, 15) is 4.79 Å². The van der Waals surface area contributed by atoms with Crippen LogP contribution in [0.4, 0.5) is 5.69 Å². The smallest absolute Gasteiger partial charge is 0.250 e. The number of hydrogen-bond donors (Lipinski definition) is 2. The molecule has 1 aromatic rings. The average molecular weight is 252 g/mol. The van der Waals surface area contributed by atoms with Crippen LogP contribution in [0.25, 0.3) is 0 Å². The number of ether oxygens (including phenoxy) is 1. The molecule has 2 rings (SSSR count). The Bertz CT molecular complexity index is 437. The molecule has 92 valence electrons. The Hall–Kier alpha value is -1.20. The summed E-state index contributed by atoms with van der Waals surface area (Å²) in [6.45, 7) is 2.87. The standard InChI is InChI=1S/C12H16N2O2S/c1-7-11(4-5-16-7)17-8-2-3-10(13)9(6-8)12(14)15/h2-3,6-7,11H,4-5,13H2,1H3,(H2,14,15). The molecule has 1 amide bonds. The van der Waals surface area contributed by atoms with Crippen molar-refractivity contribution >= 4 is 23.4 Å². The molecule has 4 N–H and O–H groups in total. The quantitative estimate of drug-likeness (QED) is 0.802. The fourth-order valence-electron chi connectivity index (χ4n) is 1.86. The molecule has 0 radical (unpaired) electrons. The van der Waals surface area contributed by atoms with Crippen molar-refractivity contribution in [1.29, 1.82) is 0 Å². The first-order chi connectivity index (χ1) is 8.08. The molecule has 17 heavy (non-hydrogen) atoms. The van der Waals surface area contributed by atoms with Crippen molar-refractivity contribution in [3.8, 4) is 0 Å². The molecule has 4 nitrogen and oxygen atoms in total. The zero-order valence-electron chi connectivity index (χ0n) is 9.68. The lowest BCUT2D eigenvalue weighted by molar-refractivity contribution is 0.100. The first kappa shape index (κ1) is 12.3. The van der Waals surface area contributed by atoms with Crippen LogP contribution >= 0.6 is 11.8 Å². The van der Waals surface area contributed by atoms with Crippen molar-refractivity contribution in [2.45, 2.75) is 29.6 Å². The summed E-state index contributed by atoms with van der Waals surface area (Å²) in [4.78, 5) is 12.2. The Morgan fingerprint density at radius 1 is 1.53 bits per heavy atom. The third-order valence-electron chi connectivity index (χ3n) is 2.88. The number of nitrogens with two attached hydrogens (primary N) is 2. The van der Waals surface area contributed by atoms with Crippen LogP contribution in [0, 0.1) is 0 Å². The lowest BCUT2D eigenvalue weighted by Crippen LogP contribution is -2.15. The topological polar surface area (TPSA) is 78.3 Å². The number of thioether (sulfide) groups is 1. The number of rotatable bonds is 3. The lowest BCUT2D eigenvalue weighted by Gasteiger charge is -2.14. The molecule has 1 heterocycles. The fraction of sp³-hybridized carbons (Fsp3) is 0.417. The first-order valence-corrected chi connectivity index (χ1v) is 6.43. The first-order valence-electron chi connectivity index (χ1n) is 5.55. The molecule has 5 heteroatoms. The lowest BCUT2D eigenvalue weighted by atomic mass is 10.2. The summed E-state index contributed by atoms with van der Waals surface area (Å²) >= 11 is 1.71. The van der Waals surface area contributed by atoms with E-state index in [2.05, 4.69) is 6.92 Å². The molecule has 0 aromatic heterocycles. The van der Waals surface area contributed by atoms with Crippen molar-refractivity contribution < 1.29 is 9.53 Å². The van der Waals surface area contributed by atoms with E-state index >= 15 is 0 Å². The van der Waals surface area contributed by atoms with Crippen LogP contribution in [0.2, 0.25) is 0 Å². The van der Waals surface area contributed by atoms with Gasteiger partial charge >= 0.3 is 0 Å². The second-order valence-corrected chi connectivity index (χ2v) is 5.45. The molecular formula is C12H16N2O2S. The molecule has 2 atom stereocenters. The second-order valence-electron chi connectivity index (χ2n) is 4.13. The van der Waals surface area contributed by atoms with Gasteiger partial charge in [0.15, 0.2) is 0 Å². The van der Waals surface area contributed by atoms with Crippen LogP contribution in [0.3, 0.4) is 0 Å². The van der Waals surface area contributed by atoms with E-state index in [1.54, 1.807) is 23.9 Å². The van der Waals surface area contributed by atoms with Crippen molar-refractivity contribution in [3.63, 3.8) is 0 Å². The number of nitrogen functional groups attached to an aromatic ring is 1. The van der Waals surface area contributed by atoms with Gasteiger partial charge < -0.3 is 16.2 Å². The molecule has 0 aliphatic carbocycles. The number of hydrogen-bond acceptors (Lipinski definition) is 4. The number of anilines is 1. The Morgan fingerprint density at radius 3 is 2.88 bits per heavy atom. The maximum atomic E-state index is 11.2. The molecule has 1 aromatic carbocycles. The van der Waals surface area contributed by atoms with E-state index in [0.717, 1.165) is 17.9 Å². The zero-order valence-corrected chi connectivity index (χ0v) is 10.5. The minimum atomic E-state index is -0.485. The molecule has 1 saturated heterocycles. The van der Waals surface area contributed by atoms with Gasteiger partial charge in [-0.1, -0.05) is 0 Å². The predicted molar refractivity (Wildman–Crippen MR) is 69.0 cm³/mol. The summed E-state index contributed by atoms with van der Waals surface area (Å²) in [6.07, 6.45) is 1.27. The van der Waals surface area contributed by atoms with Crippen molar-refractivity contribution in [1.82, 2.24) is 0 Å². The molecule has 2 unspecified atom stereocenters. The van der Waals surface area contributed by atoms with E-state index in [1.807, 2.05) is 6.07 Å². The van der Waals surface area contributed by atoms with Crippen molar-refractivity contribution in [2.24, 2.45) is 5.73 Å². The summed E-state index contributed by atoms with van der Waals surface area (Å²) in [7, 11) is 0. The molecule has 1 aliphatic heterocycles. The average Bonchev–Trinajstić information content (AvgIpc) is 2.67. The highest BCUT2D eigenvalue weighted by atomic mass is 32.2. The van der Waals surface area contributed by atoms with Crippen LogP contribution < -0.4 is 11.5 Å². The Morgan fingerprint density at radius 2 is 2.29 bits per heavy atom. The van der Waals surface area contributed by atoms with E-state index in [4.69, 9.17) is 16.2 Å². The highest BCUT2D eigenvalue weighted by molar-refractivity contribution is 8.00. The van der Waals surface area contributed by atoms with Crippen LogP contribution in [-0.2, 0) is 4.74 Å². The third-order valence-corrected chi connectivity index (χ3v) is 4.33. The molecule has 1 fully saturated rings. The van der Waals surface area contributed by atoms with Gasteiger partial charge in [0.2, 0.25) is 0 Å². The van der Waals surface area contributed by atoms with Crippen LogP contribution in [-0.4, -0.2) is 23.9 Å². The Balaban J connectivity index is 2.16. The largest absolute Gasteiger partial charge is 0.398 e. The second kappa shape index (κ2) is 4.98. The van der Waals surface area contributed by atoms with Gasteiger partial charge in [0.05, 0.1) is 11.7 Å². The van der Waals surface area contributed by atoms with Gasteiger partial charge in [-0.2, -0.15) is 0 Å². The minimum absolute atomic E-state index is 0.245. The summed E-state index contributed by atoms with van der Waals surface area (Å²) in [5, 5.41) is 0.430. The van der Waals surface area contributed by atoms with E-state index in [1.165, 1.54) is 0 Å². The summed E-state index contributed by atoms with van der Waals surface area (Å²) in [5.74, 6) is -0.485. The Labute approximate surface area is 105 Å². The van der Waals surface area contributed by atoms with Crippen LogP contribution in [0.15, 0.2) is 23.1 Å².